The van der Waals surface area contributed by atoms with Gasteiger partial charge in [-0.25, -0.2) is 4.39 Å². The number of fused-ring (bicyclic) bond motifs is 2. The Hall–Kier alpha value is -3.92. The van der Waals surface area contributed by atoms with Crippen LogP contribution in [0.1, 0.15) is 69.8 Å². The van der Waals surface area contributed by atoms with E-state index in [1.54, 1.807) is 18.3 Å². The van der Waals surface area contributed by atoms with Crippen LogP contribution in [0.15, 0.2) is 24.4 Å². The van der Waals surface area contributed by atoms with Crippen LogP contribution < -0.4 is 9.64 Å². The number of aromatic hydroxyl groups is 1. The summed E-state index contributed by atoms with van der Waals surface area (Å²) in [4.78, 5) is 18.4. The maximum Gasteiger partial charge on any atom is 0.319 e. The fourth-order valence-corrected chi connectivity index (χ4v) is 7.53. The van der Waals surface area contributed by atoms with Crippen LogP contribution in [-0.4, -0.2) is 75.5 Å². The van der Waals surface area contributed by atoms with Gasteiger partial charge in [0, 0.05) is 42.2 Å². The molecular formula is C35H42FN5O3. The molecule has 2 aliphatic heterocycles. The van der Waals surface area contributed by atoms with E-state index in [4.69, 9.17) is 16.1 Å². The highest BCUT2D eigenvalue weighted by Gasteiger charge is 2.47. The minimum atomic E-state index is -0.619. The molecule has 0 spiro atoms. The third-order valence-electron chi connectivity index (χ3n) is 9.68. The lowest BCUT2D eigenvalue weighted by Crippen LogP contribution is -2.50. The van der Waals surface area contributed by atoms with Gasteiger partial charge < -0.3 is 24.7 Å². The number of phenols is 1. The number of benzene rings is 1. The number of aliphatic hydroxyl groups excluding tert-OH is 1. The quantitative estimate of drug-likeness (QED) is 0.343. The predicted octanol–water partition coefficient (Wildman–Crippen LogP) is 5.52. The van der Waals surface area contributed by atoms with E-state index < -0.39 is 11.9 Å². The lowest BCUT2D eigenvalue weighted by atomic mass is 9.76. The van der Waals surface area contributed by atoms with Crippen molar-refractivity contribution in [1.82, 2.24) is 19.9 Å². The van der Waals surface area contributed by atoms with Gasteiger partial charge >= 0.3 is 6.01 Å². The first-order valence-corrected chi connectivity index (χ1v) is 15.6. The summed E-state index contributed by atoms with van der Waals surface area (Å²) in [6.07, 6.45) is 22.7. The molecule has 4 heterocycles. The first kappa shape index (κ1) is 31.5. The summed E-state index contributed by atoms with van der Waals surface area (Å²) in [5.74, 6) is 2.41. The van der Waals surface area contributed by atoms with Crippen molar-refractivity contribution < 1.29 is 19.3 Å². The predicted molar refractivity (Wildman–Crippen MR) is 171 cm³/mol. The SMILES string of the molecule is C#C.C#CC(CC)c1ccc(O)cc1-c1ncc2c(N3CCCC(O)C3)nc(OCC34CCCC3N(C)CCC4)nc2c1F. The molecule has 2 aromatic heterocycles. The van der Waals surface area contributed by atoms with Crippen LogP contribution in [0.2, 0.25) is 0 Å². The molecule has 0 bridgehead atoms. The highest BCUT2D eigenvalue weighted by Crippen LogP contribution is 2.47. The monoisotopic (exact) mass is 599 g/mol. The molecule has 2 saturated heterocycles. The van der Waals surface area contributed by atoms with Crippen molar-refractivity contribution in [2.45, 2.75) is 76.4 Å². The molecule has 232 valence electrons. The zero-order chi connectivity index (χ0) is 31.4. The second-order valence-electron chi connectivity index (χ2n) is 12.3. The van der Waals surface area contributed by atoms with Gasteiger partial charge in [0.1, 0.15) is 22.8 Å². The zero-order valence-electron chi connectivity index (χ0n) is 25.7. The number of hydrogen-bond acceptors (Lipinski definition) is 8. The van der Waals surface area contributed by atoms with Gasteiger partial charge in [0.25, 0.3) is 0 Å². The number of aliphatic hydroxyl groups is 1. The second kappa shape index (κ2) is 13.4. The summed E-state index contributed by atoms with van der Waals surface area (Å²) >= 11 is 0. The standard InChI is InChI=1S/C33H40FN5O3.C2H2/c1-4-21(5-2)24-12-11-22(40)17-25(24)29-28(34)30-26(18-35-29)31(39-16-7-9-23(41)19-39)37-32(36-30)42-20-33-13-6-10-27(33)38(3)15-8-14-33;1-2/h1,11-12,17-18,21,23,27,40-41H,5-10,13-16,19-20H2,2-3H3;1-2H. The first-order valence-electron chi connectivity index (χ1n) is 15.6. The number of ether oxygens (including phenoxy) is 1. The topological polar surface area (TPSA) is 94.8 Å². The Kier molecular flexibility index (Phi) is 9.58. The molecule has 0 amide bonds. The number of halogens is 1. The number of pyridine rings is 1. The summed E-state index contributed by atoms with van der Waals surface area (Å²) in [5.41, 5.74) is 1.37. The van der Waals surface area contributed by atoms with Gasteiger partial charge in [-0.3, -0.25) is 4.98 Å². The molecule has 1 aliphatic carbocycles. The molecule has 3 aromatic rings. The molecule has 8 nitrogen and oxygen atoms in total. The number of phenolic OH excluding ortho intramolecular Hbond substituents is 1. The molecule has 1 saturated carbocycles. The average molecular weight is 600 g/mol. The Bertz CT molecular complexity index is 1550. The van der Waals surface area contributed by atoms with Crippen molar-refractivity contribution >= 4 is 16.7 Å². The number of anilines is 1. The Morgan fingerprint density at radius 2 is 1.95 bits per heavy atom. The van der Waals surface area contributed by atoms with E-state index in [9.17, 15) is 10.2 Å². The minimum absolute atomic E-state index is 0.000511. The van der Waals surface area contributed by atoms with Crippen molar-refractivity contribution in [3.8, 4) is 48.2 Å². The summed E-state index contributed by atoms with van der Waals surface area (Å²) in [6, 6.07) is 5.39. The van der Waals surface area contributed by atoms with Gasteiger partial charge in [0.15, 0.2) is 5.82 Å². The zero-order valence-corrected chi connectivity index (χ0v) is 25.7. The van der Waals surface area contributed by atoms with Crippen molar-refractivity contribution in [2.75, 3.05) is 38.2 Å². The Labute approximate surface area is 259 Å². The van der Waals surface area contributed by atoms with Crippen molar-refractivity contribution in [3.05, 3.63) is 35.8 Å². The van der Waals surface area contributed by atoms with Crippen LogP contribution in [0.5, 0.6) is 11.8 Å². The Morgan fingerprint density at radius 3 is 2.70 bits per heavy atom. The van der Waals surface area contributed by atoms with Crippen LogP contribution in [0.25, 0.3) is 22.2 Å². The van der Waals surface area contributed by atoms with E-state index in [0.29, 0.717) is 55.3 Å². The highest BCUT2D eigenvalue weighted by molar-refractivity contribution is 5.92. The molecule has 4 unspecified atom stereocenters. The smallest absolute Gasteiger partial charge is 0.319 e. The summed E-state index contributed by atoms with van der Waals surface area (Å²) in [6.45, 7) is 4.62. The number of terminal acetylenes is 2. The number of β-amino-alcohol motifs (C(OH)–C–C–N with tert-alkyl or cyclic N) is 1. The molecule has 6 rings (SSSR count). The van der Waals surface area contributed by atoms with Crippen LogP contribution in [0, 0.1) is 36.4 Å². The first-order chi connectivity index (χ1) is 21.3. The summed E-state index contributed by atoms with van der Waals surface area (Å²) in [7, 11) is 2.19. The highest BCUT2D eigenvalue weighted by atomic mass is 19.1. The molecule has 9 heteroatoms. The van der Waals surface area contributed by atoms with Gasteiger partial charge in [0.2, 0.25) is 0 Å². The van der Waals surface area contributed by atoms with Crippen molar-refractivity contribution in [3.63, 3.8) is 0 Å². The van der Waals surface area contributed by atoms with Crippen LogP contribution in [0.4, 0.5) is 10.2 Å². The van der Waals surface area contributed by atoms with E-state index >= 15 is 4.39 Å². The van der Waals surface area contributed by atoms with Crippen molar-refractivity contribution in [2.24, 2.45) is 5.41 Å². The van der Waals surface area contributed by atoms with E-state index in [0.717, 1.165) is 44.2 Å². The number of likely N-dealkylation sites (tertiary alicyclic amines) is 1. The molecule has 2 N–H and O–H groups in total. The number of aromatic nitrogens is 3. The minimum Gasteiger partial charge on any atom is -0.508 e. The van der Waals surface area contributed by atoms with Crippen LogP contribution in [-0.2, 0) is 0 Å². The number of piperidine rings is 2. The van der Waals surface area contributed by atoms with E-state index in [2.05, 4.69) is 40.7 Å². The molecule has 0 radical (unpaired) electrons. The normalized spacial score (nSPS) is 24.2. The number of rotatable bonds is 7. The molecule has 44 heavy (non-hydrogen) atoms. The van der Waals surface area contributed by atoms with Crippen LogP contribution in [0.3, 0.4) is 0 Å². The number of nitrogens with zero attached hydrogens (tertiary/aromatic N) is 5. The average Bonchev–Trinajstić information content (AvgIpc) is 3.48. The molecule has 4 atom stereocenters. The third kappa shape index (κ3) is 5.92. The fraction of sp³-hybridized carbons (Fsp3) is 0.514. The fourth-order valence-electron chi connectivity index (χ4n) is 7.53. The third-order valence-corrected chi connectivity index (χ3v) is 9.68. The molecule has 3 fully saturated rings. The maximum atomic E-state index is 16.6. The molecule has 3 aliphatic rings. The van der Waals surface area contributed by atoms with E-state index in [1.165, 1.54) is 12.5 Å². The van der Waals surface area contributed by atoms with Gasteiger partial charge in [-0.05, 0) is 76.2 Å². The van der Waals surface area contributed by atoms with Crippen LogP contribution >= 0.6 is 0 Å². The van der Waals surface area contributed by atoms with E-state index in [1.807, 2.05) is 11.8 Å². The number of hydrogen-bond donors (Lipinski definition) is 2. The largest absolute Gasteiger partial charge is 0.508 e. The van der Waals surface area contributed by atoms with Gasteiger partial charge in [-0.1, -0.05) is 25.3 Å². The Morgan fingerprint density at radius 1 is 1.16 bits per heavy atom. The second-order valence-corrected chi connectivity index (χ2v) is 12.3. The van der Waals surface area contributed by atoms with E-state index in [-0.39, 0.29) is 34.3 Å². The molecule has 1 aromatic carbocycles. The lowest BCUT2D eigenvalue weighted by Gasteiger charge is -2.44. The van der Waals surface area contributed by atoms with Gasteiger partial charge in [-0.15, -0.1) is 19.3 Å². The molecular weight excluding hydrogens is 557 g/mol. The van der Waals surface area contributed by atoms with Crippen molar-refractivity contribution in [1.29, 1.82) is 0 Å². The summed E-state index contributed by atoms with van der Waals surface area (Å²) < 4.78 is 23.0. The van der Waals surface area contributed by atoms with Gasteiger partial charge in [0.05, 0.1) is 18.1 Å². The maximum absolute atomic E-state index is 16.6. The van der Waals surface area contributed by atoms with Gasteiger partial charge in [-0.2, -0.15) is 9.97 Å². The summed E-state index contributed by atoms with van der Waals surface area (Å²) in [5, 5.41) is 21.2. The Balaban J connectivity index is 0.00000188. The lowest BCUT2D eigenvalue weighted by molar-refractivity contribution is 0.0133.